The Morgan fingerprint density at radius 2 is 1.72 bits per heavy atom. The Labute approximate surface area is 107 Å². The molecular formula is C13H19N3O2. The molecule has 0 spiro atoms. The van der Waals surface area contributed by atoms with Gasteiger partial charge in [0.25, 0.3) is 0 Å². The number of hydrogen-bond donors (Lipinski definition) is 1. The molecule has 0 amide bonds. The highest BCUT2D eigenvalue weighted by atomic mass is 16.4. The van der Waals surface area contributed by atoms with E-state index < -0.39 is 11.9 Å². The van der Waals surface area contributed by atoms with E-state index in [1.807, 2.05) is 13.8 Å². The van der Waals surface area contributed by atoms with Gasteiger partial charge in [0.15, 0.2) is 0 Å². The van der Waals surface area contributed by atoms with E-state index in [0.717, 1.165) is 36.0 Å². The van der Waals surface area contributed by atoms with Crippen molar-refractivity contribution in [2.75, 3.05) is 18.0 Å². The highest BCUT2D eigenvalue weighted by molar-refractivity contribution is 5.76. The van der Waals surface area contributed by atoms with Crippen LogP contribution in [0.2, 0.25) is 0 Å². The van der Waals surface area contributed by atoms with Gasteiger partial charge in [0.1, 0.15) is 0 Å². The average Bonchev–Trinajstić information content (AvgIpc) is 2.80. The number of aromatic nitrogens is 2. The van der Waals surface area contributed by atoms with Crippen LogP contribution in [0.5, 0.6) is 0 Å². The summed E-state index contributed by atoms with van der Waals surface area (Å²) < 4.78 is 0. The number of carboxylic acids is 1. The van der Waals surface area contributed by atoms with Gasteiger partial charge < -0.3 is 10.0 Å². The van der Waals surface area contributed by atoms with E-state index in [2.05, 4.69) is 14.9 Å². The predicted molar refractivity (Wildman–Crippen MR) is 69.0 cm³/mol. The fourth-order valence-corrected chi connectivity index (χ4v) is 2.52. The minimum absolute atomic E-state index is 0.558. The molecule has 0 aromatic carbocycles. The Bertz CT molecular complexity index is 444. The number of anilines is 1. The van der Waals surface area contributed by atoms with Crippen molar-refractivity contribution in [3.63, 3.8) is 0 Å². The Balaban J connectivity index is 2.37. The molecule has 1 aromatic rings. The van der Waals surface area contributed by atoms with Gasteiger partial charge in [-0.1, -0.05) is 0 Å². The first-order chi connectivity index (χ1) is 8.50. The van der Waals surface area contributed by atoms with Gasteiger partial charge in [-0.15, -0.1) is 0 Å². The van der Waals surface area contributed by atoms with Crippen molar-refractivity contribution in [1.82, 2.24) is 9.97 Å². The molecule has 0 radical (unpaired) electrons. The molecule has 1 N–H and O–H groups in total. The summed E-state index contributed by atoms with van der Waals surface area (Å²) in [5.74, 6) is -0.653. The molecule has 0 saturated carbocycles. The first kappa shape index (κ1) is 12.8. The first-order valence-electron chi connectivity index (χ1n) is 6.33. The van der Waals surface area contributed by atoms with Crippen LogP contribution in [0, 0.1) is 13.8 Å². The molecule has 1 aliphatic rings. The summed E-state index contributed by atoms with van der Waals surface area (Å²) in [7, 11) is 0. The van der Waals surface area contributed by atoms with Gasteiger partial charge in [-0.25, -0.2) is 9.97 Å². The van der Waals surface area contributed by atoms with Gasteiger partial charge in [0.2, 0.25) is 5.95 Å². The lowest BCUT2D eigenvalue weighted by Crippen LogP contribution is -2.22. The topological polar surface area (TPSA) is 66.3 Å². The zero-order valence-electron chi connectivity index (χ0n) is 11.1. The summed E-state index contributed by atoms with van der Waals surface area (Å²) in [6, 6.07) is 0. The first-order valence-corrected chi connectivity index (χ1v) is 6.33. The van der Waals surface area contributed by atoms with E-state index in [4.69, 9.17) is 5.11 Å². The number of hydrogen-bond acceptors (Lipinski definition) is 4. The third-order valence-corrected chi connectivity index (χ3v) is 3.51. The third-order valence-electron chi connectivity index (χ3n) is 3.51. The highest BCUT2D eigenvalue weighted by Crippen LogP contribution is 2.25. The third kappa shape index (κ3) is 2.30. The van der Waals surface area contributed by atoms with E-state index in [-0.39, 0.29) is 0 Å². The van der Waals surface area contributed by atoms with Crippen molar-refractivity contribution in [3.05, 3.63) is 17.0 Å². The maximum absolute atomic E-state index is 11.1. The van der Waals surface area contributed by atoms with Crippen LogP contribution in [0.1, 0.15) is 42.6 Å². The maximum atomic E-state index is 11.1. The molecule has 0 bridgehead atoms. The SMILES string of the molecule is Cc1nc(N2CCCC2)nc(C)c1C(C)C(=O)O. The van der Waals surface area contributed by atoms with Gasteiger partial charge in [-0.05, 0) is 33.6 Å². The van der Waals surface area contributed by atoms with Crippen molar-refractivity contribution < 1.29 is 9.90 Å². The van der Waals surface area contributed by atoms with Crippen LogP contribution in [-0.2, 0) is 4.79 Å². The van der Waals surface area contributed by atoms with Gasteiger partial charge in [0.05, 0.1) is 5.92 Å². The molecule has 1 fully saturated rings. The van der Waals surface area contributed by atoms with Gasteiger partial charge in [0, 0.05) is 30.0 Å². The van der Waals surface area contributed by atoms with E-state index >= 15 is 0 Å². The van der Waals surface area contributed by atoms with Crippen molar-refractivity contribution in [3.8, 4) is 0 Å². The average molecular weight is 249 g/mol. The molecular weight excluding hydrogens is 230 g/mol. The Morgan fingerprint density at radius 1 is 1.22 bits per heavy atom. The molecule has 98 valence electrons. The molecule has 18 heavy (non-hydrogen) atoms. The minimum atomic E-state index is -0.835. The largest absolute Gasteiger partial charge is 0.481 e. The lowest BCUT2D eigenvalue weighted by Gasteiger charge is -2.19. The van der Waals surface area contributed by atoms with Crippen molar-refractivity contribution in [2.45, 2.75) is 39.5 Å². The second kappa shape index (κ2) is 4.92. The lowest BCUT2D eigenvalue weighted by molar-refractivity contribution is -0.138. The lowest BCUT2D eigenvalue weighted by atomic mass is 9.98. The summed E-state index contributed by atoms with van der Waals surface area (Å²) in [4.78, 5) is 22.2. The van der Waals surface area contributed by atoms with Gasteiger partial charge >= 0.3 is 5.97 Å². The van der Waals surface area contributed by atoms with Crippen LogP contribution in [0.25, 0.3) is 0 Å². The van der Waals surface area contributed by atoms with Crippen molar-refractivity contribution >= 4 is 11.9 Å². The number of rotatable bonds is 3. The Hall–Kier alpha value is -1.65. The van der Waals surface area contributed by atoms with Crippen LogP contribution in [0.4, 0.5) is 5.95 Å². The van der Waals surface area contributed by atoms with Crippen LogP contribution in [0.3, 0.4) is 0 Å². The molecule has 1 unspecified atom stereocenters. The van der Waals surface area contributed by atoms with E-state index in [0.29, 0.717) is 0 Å². The van der Waals surface area contributed by atoms with Crippen LogP contribution in [-0.4, -0.2) is 34.1 Å². The molecule has 1 saturated heterocycles. The monoisotopic (exact) mass is 249 g/mol. The van der Waals surface area contributed by atoms with E-state index in [1.165, 1.54) is 12.8 Å². The zero-order valence-corrected chi connectivity index (χ0v) is 11.1. The summed E-state index contributed by atoms with van der Waals surface area (Å²) in [6.07, 6.45) is 2.35. The number of nitrogens with zero attached hydrogens (tertiary/aromatic N) is 3. The summed E-state index contributed by atoms with van der Waals surface area (Å²) in [5, 5.41) is 9.10. The second-order valence-corrected chi connectivity index (χ2v) is 4.86. The van der Waals surface area contributed by atoms with Gasteiger partial charge in [-0.3, -0.25) is 4.79 Å². The van der Waals surface area contributed by atoms with Crippen molar-refractivity contribution in [1.29, 1.82) is 0 Å². The fraction of sp³-hybridized carbons (Fsp3) is 0.615. The number of aliphatic carboxylic acids is 1. The zero-order chi connectivity index (χ0) is 13.3. The summed E-state index contributed by atoms with van der Waals surface area (Å²) in [5.41, 5.74) is 2.30. The van der Waals surface area contributed by atoms with Gasteiger partial charge in [-0.2, -0.15) is 0 Å². The molecule has 5 heteroatoms. The number of carboxylic acid groups (broad SMARTS) is 1. The molecule has 5 nitrogen and oxygen atoms in total. The van der Waals surface area contributed by atoms with Crippen molar-refractivity contribution in [2.24, 2.45) is 0 Å². The standard InChI is InChI=1S/C13H19N3O2/c1-8(12(17)18)11-9(2)14-13(15-10(11)3)16-6-4-5-7-16/h8H,4-7H2,1-3H3,(H,17,18). The van der Waals surface area contributed by atoms with Crippen LogP contribution < -0.4 is 4.90 Å². The summed E-state index contributed by atoms with van der Waals surface area (Å²) >= 11 is 0. The smallest absolute Gasteiger partial charge is 0.310 e. The predicted octanol–water partition coefficient (Wildman–Crippen LogP) is 1.88. The highest BCUT2D eigenvalue weighted by Gasteiger charge is 2.23. The van der Waals surface area contributed by atoms with Crippen LogP contribution in [0.15, 0.2) is 0 Å². The second-order valence-electron chi connectivity index (χ2n) is 4.86. The van der Waals surface area contributed by atoms with E-state index in [9.17, 15) is 4.79 Å². The molecule has 1 aromatic heterocycles. The maximum Gasteiger partial charge on any atom is 0.310 e. The minimum Gasteiger partial charge on any atom is -0.481 e. The molecule has 2 heterocycles. The van der Waals surface area contributed by atoms with E-state index in [1.54, 1.807) is 6.92 Å². The fourth-order valence-electron chi connectivity index (χ4n) is 2.52. The quantitative estimate of drug-likeness (QED) is 0.886. The number of carbonyl (C=O) groups is 1. The number of aryl methyl sites for hydroxylation is 2. The molecule has 1 aliphatic heterocycles. The Morgan fingerprint density at radius 3 is 2.17 bits per heavy atom. The normalized spacial score (nSPS) is 16.9. The summed E-state index contributed by atoms with van der Waals surface area (Å²) in [6.45, 7) is 7.39. The molecule has 1 atom stereocenters. The molecule has 0 aliphatic carbocycles. The van der Waals surface area contributed by atoms with Crippen LogP contribution >= 0.6 is 0 Å². The molecule has 2 rings (SSSR count). The Kier molecular flexibility index (Phi) is 3.50.